The first-order valence-corrected chi connectivity index (χ1v) is 7.86. The van der Waals surface area contributed by atoms with Crippen LogP contribution >= 0.6 is 11.6 Å². The quantitative estimate of drug-likeness (QED) is 0.869. The van der Waals surface area contributed by atoms with E-state index in [0.717, 1.165) is 16.5 Å². The van der Waals surface area contributed by atoms with Gasteiger partial charge in [-0.1, -0.05) is 17.7 Å². The second-order valence-corrected chi connectivity index (χ2v) is 7.72. The number of hydrogen-bond acceptors (Lipinski definition) is 2. The molecule has 98 valence electrons. The van der Waals surface area contributed by atoms with E-state index in [1.807, 2.05) is 29.9 Å². The second-order valence-electron chi connectivity index (χ2n) is 4.76. The fourth-order valence-corrected chi connectivity index (χ4v) is 3.26. The molecule has 1 aromatic carbocycles. The topological polar surface area (TPSA) is 39.1 Å². The Hall–Kier alpha value is -1.00. The summed E-state index contributed by atoms with van der Waals surface area (Å²) in [7, 11) is -1.23. The van der Waals surface area contributed by atoms with Crippen molar-refractivity contribution in [2.75, 3.05) is 0 Å². The number of benzene rings is 1. The number of rotatable bonds is 3. The average Bonchev–Trinajstić information content (AvgIpc) is 2.56. The third-order valence-electron chi connectivity index (χ3n) is 3.12. The monoisotopic (exact) mass is 285 g/mol. The standard InChI is InChI=1S/C13H16ClNO2S/c1-9(2)18(16,17)8-10-7-15(3)12-6-4-5-11(14)13(10)12/h4-7,9H,8H2,1-3H3. The largest absolute Gasteiger partial charge is 0.350 e. The lowest BCUT2D eigenvalue weighted by Gasteiger charge is -2.07. The molecule has 0 N–H and O–H groups in total. The van der Waals surface area contributed by atoms with Crippen molar-refractivity contribution >= 4 is 32.3 Å². The summed E-state index contributed by atoms with van der Waals surface area (Å²) < 4.78 is 25.9. The molecule has 18 heavy (non-hydrogen) atoms. The number of sulfone groups is 1. The van der Waals surface area contributed by atoms with Crippen LogP contribution in [0.15, 0.2) is 24.4 Å². The van der Waals surface area contributed by atoms with Gasteiger partial charge >= 0.3 is 0 Å². The number of fused-ring (bicyclic) bond motifs is 1. The van der Waals surface area contributed by atoms with Crippen LogP contribution in [0.25, 0.3) is 10.9 Å². The van der Waals surface area contributed by atoms with Crippen LogP contribution in [0, 0.1) is 0 Å². The molecule has 0 atom stereocenters. The molecule has 0 aliphatic rings. The van der Waals surface area contributed by atoms with Crippen molar-refractivity contribution in [3.05, 3.63) is 35.0 Å². The molecule has 0 fully saturated rings. The van der Waals surface area contributed by atoms with Crippen LogP contribution < -0.4 is 0 Å². The summed E-state index contributed by atoms with van der Waals surface area (Å²) in [4.78, 5) is 0. The molecule has 3 nitrogen and oxygen atoms in total. The predicted molar refractivity (Wildman–Crippen MR) is 75.7 cm³/mol. The van der Waals surface area contributed by atoms with Gasteiger partial charge in [0, 0.05) is 24.1 Å². The van der Waals surface area contributed by atoms with Crippen molar-refractivity contribution in [3.8, 4) is 0 Å². The minimum Gasteiger partial charge on any atom is -0.350 e. The lowest BCUT2D eigenvalue weighted by Crippen LogP contribution is -2.15. The molecular weight excluding hydrogens is 270 g/mol. The first-order chi connectivity index (χ1) is 8.33. The normalized spacial score (nSPS) is 12.5. The smallest absolute Gasteiger partial charge is 0.156 e. The zero-order valence-corrected chi connectivity index (χ0v) is 12.2. The Balaban J connectivity index is 2.60. The van der Waals surface area contributed by atoms with Crippen LogP contribution in [0.4, 0.5) is 0 Å². The highest BCUT2D eigenvalue weighted by Gasteiger charge is 2.20. The summed E-state index contributed by atoms with van der Waals surface area (Å²) in [5, 5.41) is 1.06. The number of aromatic nitrogens is 1. The Bertz CT molecular complexity index is 686. The molecule has 0 spiro atoms. The molecule has 0 amide bonds. The van der Waals surface area contributed by atoms with Crippen molar-refractivity contribution < 1.29 is 8.42 Å². The molecule has 0 aliphatic heterocycles. The van der Waals surface area contributed by atoms with E-state index in [2.05, 4.69) is 0 Å². The molecule has 2 aromatic rings. The number of aryl methyl sites for hydroxylation is 1. The van der Waals surface area contributed by atoms with E-state index < -0.39 is 9.84 Å². The van der Waals surface area contributed by atoms with Gasteiger partial charge in [-0.05, 0) is 31.5 Å². The van der Waals surface area contributed by atoms with E-state index in [0.29, 0.717) is 5.02 Å². The first kappa shape index (κ1) is 13.4. The van der Waals surface area contributed by atoms with Crippen LogP contribution in [0.2, 0.25) is 5.02 Å². The highest BCUT2D eigenvalue weighted by molar-refractivity contribution is 7.91. The maximum Gasteiger partial charge on any atom is 0.156 e. The lowest BCUT2D eigenvalue weighted by molar-refractivity contribution is 0.586. The van der Waals surface area contributed by atoms with E-state index >= 15 is 0 Å². The third kappa shape index (κ3) is 2.27. The predicted octanol–water partition coefficient (Wildman–Crippen LogP) is 3.15. The van der Waals surface area contributed by atoms with Gasteiger partial charge in [0.1, 0.15) is 0 Å². The molecule has 1 heterocycles. The molecule has 5 heteroatoms. The molecular formula is C13H16ClNO2S. The maximum atomic E-state index is 12.0. The number of halogens is 1. The Morgan fingerprint density at radius 2 is 2.00 bits per heavy atom. The van der Waals surface area contributed by atoms with Crippen LogP contribution in [0.1, 0.15) is 19.4 Å². The summed E-state index contributed by atoms with van der Waals surface area (Å²) >= 11 is 6.18. The average molecular weight is 286 g/mol. The van der Waals surface area contributed by atoms with Gasteiger partial charge in [0.25, 0.3) is 0 Å². The van der Waals surface area contributed by atoms with Gasteiger partial charge < -0.3 is 4.57 Å². The Morgan fingerprint density at radius 1 is 1.33 bits per heavy atom. The van der Waals surface area contributed by atoms with Gasteiger partial charge in [-0.15, -0.1) is 0 Å². The van der Waals surface area contributed by atoms with E-state index in [1.54, 1.807) is 19.9 Å². The van der Waals surface area contributed by atoms with Crippen molar-refractivity contribution in [2.24, 2.45) is 7.05 Å². The molecule has 1 aromatic heterocycles. The molecule has 0 aliphatic carbocycles. The number of hydrogen-bond donors (Lipinski definition) is 0. The van der Waals surface area contributed by atoms with E-state index in [4.69, 9.17) is 11.6 Å². The van der Waals surface area contributed by atoms with Gasteiger partial charge in [-0.25, -0.2) is 8.42 Å². The molecule has 2 rings (SSSR count). The summed E-state index contributed by atoms with van der Waals surface area (Å²) in [5.74, 6) is 0.0335. The molecule has 0 radical (unpaired) electrons. The minimum absolute atomic E-state index is 0.0335. The van der Waals surface area contributed by atoms with Gasteiger partial charge in [0.15, 0.2) is 9.84 Å². The van der Waals surface area contributed by atoms with Crippen molar-refractivity contribution in [1.82, 2.24) is 4.57 Å². The highest BCUT2D eigenvalue weighted by Crippen LogP contribution is 2.29. The summed E-state index contributed by atoms with van der Waals surface area (Å²) in [6.45, 7) is 3.39. The Labute approximate surface area is 112 Å². The van der Waals surface area contributed by atoms with Crippen LogP contribution in [0.5, 0.6) is 0 Å². The molecule has 0 saturated heterocycles. The van der Waals surface area contributed by atoms with Crippen LogP contribution in [-0.4, -0.2) is 18.2 Å². The zero-order chi connectivity index (χ0) is 13.5. The molecule has 0 saturated carbocycles. The van der Waals surface area contributed by atoms with Gasteiger partial charge in [-0.2, -0.15) is 0 Å². The van der Waals surface area contributed by atoms with Crippen LogP contribution in [-0.2, 0) is 22.6 Å². The maximum absolute atomic E-state index is 12.0. The zero-order valence-electron chi connectivity index (χ0n) is 10.6. The lowest BCUT2D eigenvalue weighted by atomic mass is 10.2. The fourth-order valence-electron chi connectivity index (χ4n) is 1.99. The Kier molecular flexibility index (Phi) is 3.43. The first-order valence-electron chi connectivity index (χ1n) is 5.77. The SMILES string of the molecule is CC(C)S(=O)(=O)Cc1cn(C)c2cccc(Cl)c12. The van der Waals surface area contributed by atoms with Crippen molar-refractivity contribution in [1.29, 1.82) is 0 Å². The van der Waals surface area contributed by atoms with Crippen LogP contribution in [0.3, 0.4) is 0 Å². The van der Waals surface area contributed by atoms with E-state index in [9.17, 15) is 8.42 Å². The summed E-state index contributed by atoms with van der Waals surface area (Å²) in [5.41, 5.74) is 1.73. The number of nitrogens with zero attached hydrogens (tertiary/aromatic N) is 1. The van der Waals surface area contributed by atoms with E-state index in [-0.39, 0.29) is 11.0 Å². The highest BCUT2D eigenvalue weighted by atomic mass is 35.5. The van der Waals surface area contributed by atoms with Crippen molar-refractivity contribution in [2.45, 2.75) is 24.9 Å². The minimum atomic E-state index is -3.12. The van der Waals surface area contributed by atoms with Crippen molar-refractivity contribution in [3.63, 3.8) is 0 Å². The summed E-state index contributed by atoms with van der Waals surface area (Å²) in [6, 6.07) is 5.59. The Morgan fingerprint density at radius 3 is 2.61 bits per heavy atom. The summed E-state index contributed by atoms with van der Waals surface area (Å²) in [6.07, 6.45) is 1.84. The second kappa shape index (κ2) is 4.59. The fraction of sp³-hybridized carbons (Fsp3) is 0.385. The van der Waals surface area contributed by atoms with Gasteiger partial charge in [0.05, 0.1) is 16.0 Å². The third-order valence-corrected chi connectivity index (χ3v) is 5.58. The molecule has 0 bridgehead atoms. The van der Waals surface area contributed by atoms with E-state index in [1.165, 1.54) is 0 Å². The van der Waals surface area contributed by atoms with Gasteiger partial charge in [0.2, 0.25) is 0 Å². The van der Waals surface area contributed by atoms with Gasteiger partial charge in [-0.3, -0.25) is 0 Å². The molecule has 0 unspecified atom stereocenters.